The highest BCUT2D eigenvalue weighted by Crippen LogP contribution is 2.26. The molecule has 21 heavy (non-hydrogen) atoms. The molecule has 1 aliphatic carbocycles. The van der Waals surface area contributed by atoms with Crippen LogP contribution in [0.25, 0.3) is 0 Å². The van der Waals surface area contributed by atoms with Crippen molar-refractivity contribution in [3.63, 3.8) is 0 Å². The molecule has 6 heteroatoms. The van der Waals surface area contributed by atoms with Crippen molar-refractivity contribution in [3.8, 4) is 0 Å². The molecule has 4 nitrogen and oxygen atoms in total. The number of hydrogen-bond acceptors (Lipinski definition) is 3. The molecular weight excluding hydrogens is 395 g/mol. The van der Waals surface area contributed by atoms with Gasteiger partial charge in [-0.25, -0.2) is 4.98 Å². The molecule has 1 aromatic heterocycles. The number of aliphatic imine (C=N–C) groups is 1. The number of aromatic nitrogens is 1. The van der Waals surface area contributed by atoms with Crippen LogP contribution in [-0.2, 0) is 11.8 Å². The van der Waals surface area contributed by atoms with Gasteiger partial charge in [-0.3, -0.25) is 4.99 Å². The second-order valence-electron chi connectivity index (χ2n) is 6.59. The summed E-state index contributed by atoms with van der Waals surface area (Å²) in [4.78, 5) is 9.06. The van der Waals surface area contributed by atoms with Crippen LogP contribution < -0.4 is 11.1 Å². The largest absolute Gasteiger partial charge is 0.370 e. The number of hydrogen-bond donors (Lipinski definition) is 2. The Hall–Kier alpha value is -0.370. The normalized spacial score (nSPS) is 16.2. The minimum absolute atomic E-state index is 0. The molecular formula is C15H27IN4S. The van der Waals surface area contributed by atoms with Crippen LogP contribution in [-0.4, -0.2) is 24.0 Å². The van der Waals surface area contributed by atoms with E-state index in [0.717, 1.165) is 31.1 Å². The molecule has 1 aromatic rings. The van der Waals surface area contributed by atoms with E-state index in [4.69, 9.17) is 5.73 Å². The van der Waals surface area contributed by atoms with Gasteiger partial charge in [0, 0.05) is 30.3 Å². The van der Waals surface area contributed by atoms with Crippen LogP contribution in [0.4, 0.5) is 0 Å². The summed E-state index contributed by atoms with van der Waals surface area (Å²) in [5, 5.41) is 6.51. The number of nitrogens with zero attached hydrogens (tertiary/aromatic N) is 2. The van der Waals surface area contributed by atoms with Crippen molar-refractivity contribution in [2.24, 2.45) is 16.6 Å². The third kappa shape index (κ3) is 6.10. The highest BCUT2D eigenvalue weighted by Gasteiger charge is 2.18. The molecule has 0 amide bonds. The molecule has 3 N–H and O–H groups in total. The molecule has 1 fully saturated rings. The number of nitrogens with one attached hydrogen (secondary N) is 1. The van der Waals surface area contributed by atoms with E-state index in [2.05, 4.69) is 41.4 Å². The SMILES string of the molecule is CC(C)(C)c1nc(CCNC(N)=NCC2CCC2)cs1.I. The Balaban J connectivity index is 0.00000220. The first-order valence-electron chi connectivity index (χ1n) is 7.44. The summed E-state index contributed by atoms with van der Waals surface area (Å²) in [5.74, 6) is 1.34. The summed E-state index contributed by atoms with van der Waals surface area (Å²) >= 11 is 1.74. The van der Waals surface area contributed by atoms with Gasteiger partial charge in [0.15, 0.2) is 5.96 Å². The third-order valence-corrected chi connectivity index (χ3v) is 4.94. The highest BCUT2D eigenvalue weighted by molar-refractivity contribution is 14.0. The maximum atomic E-state index is 5.86. The fourth-order valence-corrected chi connectivity index (χ4v) is 2.99. The highest BCUT2D eigenvalue weighted by atomic mass is 127. The van der Waals surface area contributed by atoms with Gasteiger partial charge in [-0.05, 0) is 18.8 Å². The third-order valence-electron chi connectivity index (χ3n) is 3.63. The van der Waals surface area contributed by atoms with E-state index in [1.54, 1.807) is 11.3 Å². The lowest BCUT2D eigenvalue weighted by atomic mass is 9.86. The van der Waals surface area contributed by atoms with Crippen LogP contribution in [0.2, 0.25) is 0 Å². The monoisotopic (exact) mass is 422 g/mol. The lowest BCUT2D eigenvalue weighted by Gasteiger charge is -2.23. The Kier molecular flexibility index (Phi) is 7.39. The minimum Gasteiger partial charge on any atom is -0.370 e. The van der Waals surface area contributed by atoms with Gasteiger partial charge in [0.2, 0.25) is 0 Å². The maximum absolute atomic E-state index is 5.86. The van der Waals surface area contributed by atoms with Crippen molar-refractivity contribution >= 4 is 41.3 Å². The van der Waals surface area contributed by atoms with Gasteiger partial charge in [0.05, 0.1) is 10.7 Å². The molecule has 0 atom stereocenters. The summed E-state index contributed by atoms with van der Waals surface area (Å²) in [7, 11) is 0. The lowest BCUT2D eigenvalue weighted by Crippen LogP contribution is -2.34. The van der Waals surface area contributed by atoms with E-state index in [9.17, 15) is 0 Å². The van der Waals surface area contributed by atoms with E-state index in [-0.39, 0.29) is 29.4 Å². The average Bonchev–Trinajstić information content (AvgIpc) is 2.75. The standard InChI is InChI=1S/C15H26N4S.HI/c1-15(2,3)13-19-12(10-20-13)7-8-17-14(16)18-9-11-5-4-6-11;/h10-11H,4-9H2,1-3H3,(H3,16,17,18);1H. The Morgan fingerprint density at radius 3 is 2.71 bits per heavy atom. The summed E-state index contributed by atoms with van der Waals surface area (Å²) < 4.78 is 0. The summed E-state index contributed by atoms with van der Waals surface area (Å²) in [6.07, 6.45) is 4.87. The van der Waals surface area contributed by atoms with Gasteiger partial charge in [-0.15, -0.1) is 35.3 Å². The number of thiazole rings is 1. The quantitative estimate of drug-likeness (QED) is 0.435. The summed E-state index contributed by atoms with van der Waals surface area (Å²) in [6, 6.07) is 0. The first-order valence-corrected chi connectivity index (χ1v) is 8.32. The van der Waals surface area contributed by atoms with Gasteiger partial charge in [0.1, 0.15) is 0 Å². The number of rotatable bonds is 5. The summed E-state index contributed by atoms with van der Waals surface area (Å²) in [5.41, 5.74) is 7.14. The maximum Gasteiger partial charge on any atom is 0.188 e. The van der Waals surface area contributed by atoms with Gasteiger partial charge >= 0.3 is 0 Å². The van der Waals surface area contributed by atoms with E-state index in [0.29, 0.717) is 5.96 Å². The predicted octanol–water partition coefficient (Wildman–Crippen LogP) is 3.31. The molecule has 2 rings (SSSR count). The zero-order valence-corrected chi connectivity index (χ0v) is 16.3. The van der Waals surface area contributed by atoms with E-state index < -0.39 is 0 Å². The second kappa shape index (κ2) is 8.31. The van der Waals surface area contributed by atoms with Crippen molar-refractivity contribution in [3.05, 3.63) is 16.1 Å². The Bertz CT molecular complexity index is 460. The molecule has 1 heterocycles. The smallest absolute Gasteiger partial charge is 0.188 e. The Labute approximate surface area is 149 Å². The van der Waals surface area contributed by atoms with Crippen LogP contribution in [0.1, 0.15) is 50.7 Å². The Morgan fingerprint density at radius 1 is 1.48 bits per heavy atom. The zero-order valence-electron chi connectivity index (χ0n) is 13.2. The van der Waals surface area contributed by atoms with E-state index >= 15 is 0 Å². The molecule has 0 unspecified atom stereocenters. The molecule has 1 saturated carbocycles. The first kappa shape index (κ1) is 18.7. The molecule has 1 aliphatic rings. The fourth-order valence-electron chi connectivity index (χ4n) is 2.04. The molecule has 0 saturated heterocycles. The van der Waals surface area contributed by atoms with Crippen LogP contribution in [0.3, 0.4) is 0 Å². The molecule has 0 aromatic carbocycles. The van der Waals surface area contributed by atoms with Crippen molar-refractivity contribution in [2.45, 2.75) is 51.9 Å². The first-order chi connectivity index (χ1) is 9.45. The van der Waals surface area contributed by atoms with Crippen molar-refractivity contribution in [2.75, 3.05) is 13.1 Å². The number of nitrogens with two attached hydrogens (primary N) is 1. The molecule has 0 aliphatic heterocycles. The minimum atomic E-state index is 0. The Morgan fingerprint density at radius 2 is 2.19 bits per heavy atom. The van der Waals surface area contributed by atoms with Gasteiger partial charge in [-0.2, -0.15) is 0 Å². The van der Waals surface area contributed by atoms with Crippen LogP contribution >= 0.6 is 35.3 Å². The van der Waals surface area contributed by atoms with E-state index in [1.807, 2.05) is 0 Å². The molecule has 120 valence electrons. The van der Waals surface area contributed by atoms with Crippen molar-refractivity contribution in [1.29, 1.82) is 0 Å². The molecule has 0 radical (unpaired) electrons. The van der Waals surface area contributed by atoms with Crippen LogP contribution in [0.5, 0.6) is 0 Å². The number of guanidine groups is 1. The zero-order chi connectivity index (χ0) is 14.6. The fraction of sp³-hybridized carbons (Fsp3) is 0.733. The molecule has 0 bridgehead atoms. The second-order valence-corrected chi connectivity index (χ2v) is 7.45. The van der Waals surface area contributed by atoms with Crippen LogP contribution in [0.15, 0.2) is 10.4 Å². The van der Waals surface area contributed by atoms with E-state index in [1.165, 1.54) is 24.3 Å². The predicted molar refractivity (Wildman–Crippen MR) is 102 cm³/mol. The van der Waals surface area contributed by atoms with Gasteiger partial charge in [-0.1, -0.05) is 27.2 Å². The van der Waals surface area contributed by atoms with Crippen molar-refractivity contribution < 1.29 is 0 Å². The lowest BCUT2D eigenvalue weighted by molar-refractivity contribution is 0.326. The topological polar surface area (TPSA) is 63.3 Å². The van der Waals surface area contributed by atoms with Crippen LogP contribution in [0, 0.1) is 5.92 Å². The van der Waals surface area contributed by atoms with Gasteiger partial charge in [0.25, 0.3) is 0 Å². The number of halogens is 1. The summed E-state index contributed by atoms with van der Waals surface area (Å²) in [6.45, 7) is 8.26. The molecule has 0 spiro atoms. The van der Waals surface area contributed by atoms with Crippen molar-refractivity contribution in [1.82, 2.24) is 10.3 Å². The van der Waals surface area contributed by atoms with Gasteiger partial charge < -0.3 is 11.1 Å². The average molecular weight is 422 g/mol.